The molecule has 0 aliphatic carbocycles. The van der Waals surface area contributed by atoms with Crippen LogP contribution >= 0.6 is 11.3 Å². The number of hydrogen-bond acceptors (Lipinski definition) is 12. The van der Waals surface area contributed by atoms with Crippen LogP contribution in [0.25, 0.3) is 22.5 Å². The lowest BCUT2D eigenvalue weighted by Crippen LogP contribution is -2.42. The first-order valence-electron chi connectivity index (χ1n) is 20.7. The molecule has 0 radical (unpaired) electrons. The van der Waals surface area contributed by atoms with Crippen LogP contribution < -0.4 is 32.3 Å². The van der Waals surface area contributed by atoms with Gasteiger partial charge in [0, 0.05) is 73.8 Å². The second-order valence-corrected chi connectivity index (χ2v) is 16.1. The van der Waals surface area contributed by atoms with Gasteiger partial charge in [-0.2, -0.15) is 10.2 Å². The highest BCUT2D eigenvalue weighted by Gasteiger charge is 2.23. The Kier molecular flexibility index (Phi) is 16.0. The summed E-state index contributed by atoms with van der Waals surface area (Å²) in [6, 6.07) is 22.1. The Bertz CT molecular complexity index is 2600. The first kappa shape index (κ1) is 46.6. The second kappa shape index (κ2) is 22.0. The molecule has 0 spiro atoms. The van der Waals surface area contributed by atoms with Crippen LogP contribution in [0.15, 0.2) is 108 Å². The van der Waals surface area contributed by atoms with Crippen molar-refractivity contribution in [1.82, 2.24) is 39.8 Å². The number of benzene rings is 2. The zero-order chi connectivity index (χ0) is 45.8. The second-order valence-electron chi connectivity index (χ2n) is 15.4. The average Bonchev–Trinajstić information content (AvgIpc) is 4.08. The summed E-state index contributed by atoms with van der Waals surface area (Å²) in [5, 5.41) is 26.5. The predicted octanol–water partition coefficient (Wildman–Crippen LogP) is 7.72. The minimum atomic E-state index is -0.767. The van der Waals surface area contributed by atoms with Crippen molar-refractivity contribution in [3.63, 3.8) is 0 Å². The van der Waals surface area contributed by atoms with E-state index in [1.807, 2.05) is 76.5 Å². The number of hydrogen-bond donors (Lipinski definition) is 6. The number of pyridine rings is 2. The van der Waals surface area contributed by atoms with E-state index < -0.39 is 12.1 Å². The summed E-state index contributed by atoms with van der Waals surface area (Å²) >= 11 is 1.50. The topological polar surface area (TPSA) is 195 Å². The van der Waals surface area contributed by atoms with Crippen molar-refractivity contribution in [3.8, 4) is 22.5 Å². The van der Waals surface area contributed by atoms with Gasteiger partial charge in [0.05, 0.1) is 34.7 Å². The highest BCUT2D eigenvalue weighted by Crippen LogP contribution is 2.28. The van der Waals surface area contributed by atoms with E-state index in [1.54, 1.807) is 58.6 Å². The number of carbonyl (C=O) groups is 2. The highest BCUT2D eigenvalue weighted by atomic mass is 32.1. The molecule has 0 fully saturated rings. The van der Waals surface area contributed by atoms with E-state index in [1.165, 1.54) is 35.6 Å². The monoisotopic (exact) mass is 889 g/mol. The van der Waals surface area contributed by atoms with Crippen LogP contribution in [0.2, 0.25) is 0 Å². The van der Waals surface area contributed by atoms with Crippen LogP contribution in [0.5, 0.6) is 0 Å². The third-order valence-electron chi connectivity index (χ3n) is 9.96. The summed E-state index contributed by atoms with van der Waals surface area (Å²) < 4.78 is 30.0. The first-order chi connectivity index (χ1) is 30.8. The van der Waals surface area contributed by atoms with Crippen LogP contribution in [-0.2, 0) is 29.0 Å². The molecular formula is C46H53F2N13O2S. The largest absolute Gasteiger partial charge is 0.373 e. The summed E-state index contributed by atoms with van der Waals surface area (Å²) in [7, 11) is 3.61. The number of anilines is 4. The van der Waals surface area contributed by atoms with Gasteiger partial charge in [-0.15, -0.1) is 11.3 Å². The number of amides is 2. The standard InChI is InChI=1S/C25H28FN7OS.C21H25FN6O/c1-16(2)33-24(12-21(32-33)18-8-9-28-23(11-18)27-3)31-25(34)22(29-13-20-14-35-15-30-20)10-17-4-6-19(26)7-5-17;1-13(2)28-20(12-18(27-28)15-8-9-25-19(11-15)24-3)26-21(29)17(23)10-14-4-6-16(22)7-5-14/h4-9,11-12,14-16,22,29H,10,13H2,1-3H3,(H,27,28)(H,31,34);4-9,11-13,17H,10,23H2,1-3H3,(H,24,25)(H,26,29)/t22-;17-/m00/s1. The lowest BCUT2D eigenvalue weighted by Gasteiger charge is -2.19. The van der Waals surface area contributed by atoms with Gasteiger partial charge in [-0.05, 0) is 100 Å². The summed E-state index contributed by atoms with van der Waals surface area (Å²) in [5.74, 6) is 1.47. The zero-order valence-corrected chi connectivity index (χ0v) is 37.3. The SMILES string of the molecule is CNc1cc(-c2cc(NC(=O)[C@@H](N)Cc3ccc(F)cc3)n(C(C)C)n2)ccn1.CNc1cc(-c2cc(NC(=O)[C@H](Cc3ccc(F)cc3)NCc3cscn3)n(C(C)C)n2)ccn1. The van der Waals surface area contributed by atoms with E-state index in [2.05, 4.69) is 46.6 Å². The molecule has 2 amide bonds. The molecular weight excluding hydrogens is 837 g/mol. The summed E-state index contributed by atoms with van der Waals surface area (Å²) in [6.45, 7) is 8.43. The van der Waals surface area contributed by atoms with Crippen LogP contribution in [0.1, 0.15) is 56.6 Å². The van der Waals surface area contributed by atoms with Crippen LogP contribution in [0.3, 0.4) is 0 Å². The molecule has 0 unspecified atom stereocenters. The third kappa shape index (κ3) is 12.6. The van der Waals surface area contributed by atoms with Gasteiger partial charge in [0.1, 0.15) is 34.9 Å². The molecule has 7 rings (SSSR count). The molecule has 0 aliphatic rings. The maximum absolute atomic E-state index is 13.4. The van der Waals surface area contributed by atoms with Gasteiger partial charge >= 0.3 is 0 Å². The van der Waals surface area contributed by atoms with E-state index in [-0.39, 0.29) is 35.5 Å². The molecule has 64 heavy (non-hydrogen) atoms. The van der Waals surface area contributed by atoms with Crippen LogP contribution in [-0.4, -0.2) is 72.5 Å². The molecule has 15 nitrogen and oxygen atoms in total. The van der Waals surface area contributed by atoms with Gasteiger partial charge in [0.25, 0.3) is 0 Å². The van der Waals surface area contributed by atoms with Gasteiger partial charge in [0.2, 0.25) is 11.8 Å². The van der Waals surface area contributed by atoms with Gasteiger partial charge in [-0.1, -0.05) is 24.3 Å². The van der Waals surface area contributed by atoms with Gasteiger partial charge in [-0.25, -0.2) is 33.1 Å². The maximum atomic E-state index is 13.4. The number of carbonyl (C=O) groups excluding carboxylic acids is 2. The van der Waals surface area contributed by atoms with Crippen LogP contribution in [0, 0.1) is 11.6 Å². The third-order valence-corrected chi connectivity index (χ3v) is 10.6. The van der Waals surface area contributed by atoms with Crippen molar-refractivity contribution in [2.75, 3.05) is 35.4 Å². The number of rotatable bonds is 17. The minimum absolute atomic E-state index is 0.0307. The molecule has 0 bridgehead atoms. The Morgan fingerprint density at radius 2 is 1.16 bits per heavy atom. The van der Waals surface area contributed by atoms with Gasteiger partial charge in [0.15, 0.2) is 0 Å². The van der Waals surface area contributed by atoms with Crippen molar-refractivity contribution in [1.29, 1.82) is 0 Å². The van der Waals surface area contributed by atoms with Crippen molar-refractivity contribution in [2.45, 2.75) is 71.2 Å². The molecule has 5 aromatic heterocycles. The molecule has 0 aliphatic heterocycles. The van der Waals surface area contributed by atoms with E-state index in [9.17, 15) is 18.4 Å². The van der Waals surface area contributed by atoms with E-state index in [4.69, 9.17) is 10.8 Å². The summed E-state index contributed by atoms with van der Waals surface area (Å²) in [5.41, 5.74) is 13.6. The molecule has 0 saturated carbocycles. The van der Waals surface area contributed by atoms with Gasteiger partial charge < -0.3 is 27.0 Å². The fraction of sp³-hybridized carbons (Fsp3) is 0.283. The number of nitrogens with one attached hydrogen (secondary N) is 5. The maximum Gasteiger partial charge on any atom is 0.243 e. The molecule has 18 heteroatoms. The Hall–Kier alpha value is -6.89. The fourth-order valence-electron chi connectivity index (χ4n) is 6.56. The van der Waals surface area contributed by atoms with Crippen molar-refractivity contribution in [2.24, 2.45) is 5.73 Å². The lowest BCUT2D eigenvalue weighted by atomic mass is 10.0. The molecule has 0 saturated heterocycles. The number of nitrogens with two attached hydrogens (primary N) is 1. The minimum Gasteiger partial charge on any atom is -0.373 e. The highest BCUT2D eigenvalue weighted by molar-refractivity contribution is 7.07. The zero-order valence-electron chi connectivity index (χ0n) is 36.5. The quantitative estimate of drug-likeness (QED) is 0.0524. The molecule has 5 heterocycles. The van der Waals surface area contributed by atoms with E-state index in [0.29, 0.717) is 31.0 Å². The Morgan fingerprint density at radius 3 is 1.61 bits per heavy atom. The van der Waals surface area contributed by atoms with Crippen LogP contribution in [0.4, 0.5) is 32.1 Å². The molecule has 334 valence electrons. The Balaban J connectivity index is 0.000000216. The number of aromatic nitrogens is 7. The molecule has 7 N–H and O–H groups in total. The number of nitrogens with zero attached hydrogens (tertiary/aromatic N) is 7. The molecule has 7 aromatic rings. The summed E-state index contributed by atoms with van der Waals surface area (Å²) in [6.07, 6.45) is 4.13. The summed E-state index contributed by atoms with van der Waals surface area (Å²) in [4.78, 5) is 38.8. The Labute approximate surface area is 375 Å². The average molecular weight is 890 g/mol. The fourth-order valence-corrected chi connectivity index (χ4v) is 7.12. The van der Waals surface area contributed by atoms with Gasteiger partial charge in [-0.3, -0.25) is 14.9 Å². The first-order valence-corrected chi connectivity index (χ1v) is 21.7. The van der Waals surface area contributed by atoms with Crippen molar-refractivity contribution in [3.05, 3.63) is 137 Å². The normalized spacial score (nSPS) is 12.0. The van der Waals surface area contributed by atoms with Crippen molar-refractivity contribution >= 4 is 46.4 Å². The molecule has 2 atom stereocenters. The number of thiazole rings is 1. The Morgan fingerprint density at radius 1 is 0.672 bits per heavy atom. The van der Waals surface area contributed by atoms with E-state index in [0.717, 1.165) is 51.0 Å². The molecule has 2 aromatic carbocycles. The van der Waals surface area contributed by atoms with E-state index >= 15 is 0 Å². The van der Waals surface area contributed by atoms with Crippen molar-refractivity contribution < 1.29 is 18.4 Å². The lowest BCUT2D eigenvalue weighted by molar-refractivity contribution is -0.118. The predicted molar refractivity (Wildman–Crippen MR) is 249 cm³/mol. The number of halogens is 2. The smallest absolute Gasteiger partial charge is 0.243 e.